The first-order chi connectivity index (χ1) is 6.20. The molecule has 0 aliphatic carbocycles. The fraction of sp³-hybridized carbons (Fsp3) is 0.182. The number of aryl methyl sites for hydroxylation is 1. The molecular weight excluding hydrogens is 160 g/mol. The van der Waals surface area contributed by atoms with Gasteiger partial charge in [0.05, 0.1) is 0 Å². The van der Waals surface area contributed by atoms with Gasteiger partial charge in [0.15, 0.2) is 0 Å². The molecule has 2 heteroatoms. The maximum Gasteiger partial charge on any atom is 0.0213 e. The van der Waals surface area contributed by atoms with Gasteiger partial charge in [0.25, 0.3) is 0 Å². The van der Waals surface area contributed by atoms with Gasteiger partial charge in [-0.15, -0.1) is 0 Å². The van der Waals surface area contributed by atoms with E-state index >= 15 is 0 Å². The first-order valence-electron chi connectivity index (χ1n) is 4.19. The van der Waals surface area contributed by atoms with Crippen LogP contribution in [0, 0.1) is 12.3 Å². The van der Waals surface area contributed by atoms with Gasteiger partial charge in [-0.2, -0.15) is 0 Å². The van der Waals surface area contributed by atoms with Crippen molar-refractivity contribution in [1.29, 1.82) is 5.41 Å². The summed E-state index contributed by atoms with van der Waals surface area (Å²) in [5.74, 6) is 0. The van der Waals surface area contributed by atoms with Crippen LogP contribution < -0.4 is 16.2 Å². The van der Waals surface area contributed by atoms with Crippen LogP contribution in [-0.2, 0) is 0 Å². The van der Waals surface area contributed by atoms with Gasteiger partial charge in [-0.05, 0) is 35.4 Å². The maximum atomic E-state index is 7.20. The SMILES string of the molecule is C/C(C=N)=c1\c(C)ccc\c1=C/N. The zero-order valence-corrected chi connectivity index (χ0v) is 7.96. The summed E-state index contributed by atoms with van der Waals surface area (Å²) in [7, 11) is 0. The van der Waals surface area contributed by atoms with Gasteiger partial charge in [-0.25, -0.2) is 0 Å². The number of hydrogen-bond acceptors (Lipinski definition) is 2. The lowest BCUT2D eigenvalue weighted by Gasteiger charge is -1.98. The third kappa shape index (κ3) is 1.78. The molecule has 0 saturated carbocycles. The summed E-state index contributed by atoms with van der Waals surface area (Å²) in [4.78, 5) is 0. The molecule has 1 aromatic rings. The second-order valence-electron chi connectivity index (χ2n) is 3.03. The van der Waals surface area contributed by atoms with Crippen LogP contribution in [0.15, 0.2) is 18.2 Å². The molecule has 0 amide bonds. The fourth-order valence-corrected chi connectivity index (χ4v) is 1.44. The molecule has 68 valence electrons. The summed E-state index contributed by atoms with van der Waals surface area (Å²) in [6.07, 6.45) is 2.94. The van der Waals surface area contributed by atoms with Crippen molar-refractivity contribution >= 4 is 18.0 Å². The molecule has 0 aromatic heterocycles. The highest BCUT2D eigenvalue weighted by molar-refractivity contribution is 5.99. The highest BCUT2D eigenvalue weighted by Crippen LogP contribution is 1.88. The molecule has 3 N–H and O–H groups in total. The van der Waals surface area contributed by atoms with Crippen LogP contribution in [0.1, 0.15) is 12.5 Å². The van der Waals surface area contributed by atoms with Crippen LogP contribution in [0.5, 0.6) is 0 Å². The standard InChI is InChI=1S/C11H14N2/c1-8-4-3-5-10(7-13)11(8)9(2)6-12/h3-7,12H,13H2,1-2H3/b10-7+,11-9-,12-6?. The molecule has 1 aromatic carbocycles. The zero-order valence-electron chi connectivity index (χ0n) is 7.96. The van der Waals surface area contributed by atoms with Gasteiger partial charge in [0.2, 0.25) is 0 Å². The van der Waals surface area contributed by atoms with E-state index in [0.29, 0.717) is 0 Å². The maximum absolute atomic E-state index is 7.20. The molecule has 0 aliphatic heterocycles. The Bertz CT molecular complexity index is 430. The third-order valence-electron chi connectivity index (χ3n) is 2.10. The number of nitrogens with one attached hydrogen (secondary N) is 1. The molecular formula is C11H14N2. The Morgan fingerprint density at radius 1 is 1.46 bits per heavy atom. The summed E-state index contributed by atoms with van der Waals surface area (Å²) in [6.45, 7) is 3.94. The van der Waals surface area contributed by atoms with Gasteiger partial charge >= 0.3 is 0 Å². The normalized spacial score (nSPS) is 14.2. The third-order valence-corrected chi connectivity index (χ3v) is 2.10. The monoisotopic (exact) mass is 174 g/mol. The topological polar surface area (TPSA) is 49.9 Å². The average molecular weight is 174 g/mol. The van der Waals surface area contributed by atoms with Crippen molar-refractivity contribution in [2.24, 2.45) is 5.73 Å². The van der Waals surface area contributed by atoms with E-state index in [2.05, 4.69) is 0 Å². The Morgan fingerprint density at radius 3 is 2.69 bits per heavy atom. The van der Waals surface area contributed by atoms with Gasteiger partial charge in [-0.1, -0.05) is 18.2 Å². The second-order valence-corrected chi connectivity index (χ2v) is 3.03. The van der Waals surface area contributed by atoms with E-state index in [4.69, 9.17) is 11.1 Å². The second kappa shape index (κ2) is 3.90. The minimum Gasteiger partial charge on any atom is -0.404 e. The van der Waals surface area contributed by atoms with Crippen molar-refractivity contribution in [3.63, 3.8) is 0 Å². The van der Waals surface area contributed by atoms with E-state index in [1.54, 1.807) is 6.20 Å². The molecule has 0 radical (unpaired) electrons. The molecule has 0 atom stereocenters. The van der Waals surface area contributed by atoms with Crippen molar-refractivity contribution in [2.45, 2.75) is 13.8 Å². The molecule has 0 saturated heterocycles. The van der Waals surface area contributed by atoms with Crippen LogP contribution >= 0.6 is 0 Å². The summed E-state index contributed by atoms with van der Waals surface area (Å²) in [5, 5.41) is 9.25. The van der Waals surface area contributed by atoms with Gasteiger partial charge in [-0.3, -0.25) is 0 Å². The van der Waals surface area contributed by atoms with Crippen LogP contribution in [0.3, 0.4) is 0 Å². The van der Waals surface area contributed by atoms with Crippen molar-refractivity contribution in [3.8, 4) is 0 Å². The lowest BCUT2D eigenvalue weighted by molar-refractivity contribution is 1.34. The molecule has 0 spiro atoms. The number of nitrogens with two attached hydrogens (primary N) is 1. The predicted octanol–water partition coefficient (Wildman–Crippen LogP) is 0.512. The molecule has 0 bridgehead atoms. The van der Waals surface area contributed by atoms with E-state index in [0.717, 1.165) is 21.6 Å². The summed E-state index contributed by atoms with van der Waals surface area (Å²) in [5.41, 5.74) is 7.59. The Kier molecular flexibility index (Phi) is 2.85. The highest BCUT2D eigenvalue weighted by atomic mass is 14.5. The van der Waals surface area contributed by atoms with E-state index in [-0.39, 0.29) is 0 Å². The fourth-order valence-electron chi connectivity index (χ4n) is 1.44. The largest absolute Gasteiger partial charge is 0.404 e. The number of benzene rings is 1. The Balaban J connectivity index is 3.80. The molecule has 0 fully saturated rings. The summed E-state index contributed by atoms with van der Waals surface area (Å²) >= 11 is 0. The lowest BCUT2D eigenvalue weighted by Crippen LogP contribution is -2.30. The van der Waals surface area contributed by atoms with E-state index in [9.17, 15) is 0 Å². The molecule has 1 rings (SSSR count). The summed E-state index contributed by atoms with van der Waals surface area (Å²) < 4.78 is 0. The Morgan fingerprint density at radius 2 is 2.15 bits per heavy atom. The van der Waals surface area contributed by atoms with Crippen molar-refractivity contribution in [3.05, 3.63) is 34.2 Å². The van der Waals surface area contributed by atoms with Gasteiger partial charge in [0.1, 0.15) is 0 Å². The van der Waals surface area contributed by atoms with Gasteiger partial charge in [0, 0.05) is 12.4 Å². The molecule has 13 heavy (non-hydrogen) atoms. The quantitative estimate of drug-likeness (QED) is 0.599. The molecule has 0 unspecified atom stereocenters. The summed E-state index contributed by atoms with van der Waals surface area (Å²) in [6, 6.07) is 5.94. The average Bonchev–Trinajstić information content (AvgIpc) is 2.16. The van der Waals surface area contributed by atoms with Crippen molar-refractivity contribution in [2.75, 3.05) is 0 Å². The van der Waals surface area contributed by atoms with E-state index < -0.39 is 0 Å². The highest BCUT2D eigenvalue weighted by Gasteiger charge is 1.93. The zero-order chi connectivity index (χ0) is 9.84. The van der Waals surface area contributed by atoms with E-state index in [1.165, 1.54) is 6.21 Å². The van der Waals surface area contributed by atoms with E-state index in [1.807, 2.05) is 32.0 Å². The first-order valence-corrected chi connectivity index (χ1v) is 4.19. The van der Waals surface area contributed by atoms with Crippen LogP contribution in [0.2, 0.25) is 0 Å². The smallest absolute Gasteiger partial charge is 0.0213 e. The molecule has 0 heterocycles. The first kappa shape index (κ1) is 9.52. The Hall–Kier alpha value is -1.57. The van der Waals surface area contributed by atoms with Gasteiger partial charge < -0.3 is 11.1 Å². The number of rotatable bonds is 1. The van der Waals surface area contributed by atoms with Crippen LogP contribution in [0.4, 0.5) is 0 Å². The number of hydrogen-bond donors (Lipinski definition) is 2. The van der Waals surface area contributed by atoms with Crippen LogP contribution in [0.25, 0.3) is 11.8 Å². The lowest BCUT2D eigenvalue weighted by atomic mass is 10.1. The predicted molar refractivity (Wildman–Crippen MR) is 56.9 cm³/mol. The minimum absolute atomic E-state index is 0.940. The van der Waals surface area contributed by atoms with Crippen LogP contribution in [-0.4, -0.2) is 6.21 Å². The van der Waals surface area contributed by atoms with Crippen molar-refractivity contribution < 1.29 is 0 Å². The molecule has 0 aliphatic rings. The molecule has 2 nitrogen and oxygen atoms in total. The van der Waals surface area contributed by atoms with Crippen molar-refractivity contribution in [1.82, 2.24) is 0 Å². The Labute approximate surface area is 77.9 Å². The minimum atomic E-state index is 0.940.